The maximum absolute atomic E-state index is 9.55. The molecule has 5 N–H and O–H groups in total. The van der Waals surface area contributed by atoms with Gasteiger partial charge < -0.3 is 21.3 Å². The Labute approximate surface area is 168 Å². The van der Waals surface area contributed by atoms with Gasteiger partial charge in [0, 0.05) is 6.61 Å². The zero-order valence-electron chi connectivity index (χ0n) is 18.1. The van der Waals surface area contributed by atoms with E-state index < -0.39 is 12.3 Å². The molecule has 2 atom stereocenters. The van der Waals surface area contributed by atoms with Crippen LogP contribution < -0.4 is 11.5 Å². The Hall–Kier alpha value is -0.810. The number of aliphatic hydroxyl groups excluding tert-OH is 1. The van der Waals surface area contributed by atoms with Gasteiger partial charge in [0.1, 0.15) is 0 Å². The summed E-state index contributed by atoms with van der Waals surface area (Å²) >= 11 is 0. The Balaban J connectivity index is 3.26. The van der Waals surface area contributed by atoms with E-state index in [9.17, 15) is 5.11 Å². The molecule has 5 nitrogen and oxygen atoms in total. The van der Waals surface area contributed by atoms with Crippen LogP contribution in [0.1, 0.15) is 117 Å². The van der Waals surface area contributed by atoms with Crippen LogP contribution in [0, 0.1) is 0 Å². The third-order valence-corrected chi connectivity index (χ3v) is 4.98. The number of ether oxygens (including phenoxy) is 1. The number of hydrogen-bond acceptors (Lipinski definition) is 3. The summed E-state index contributed by atoms with van der Waals surface area (Å²) < 4.78 is 5.54. The van der Waals surface area contributed by atoms with Crippen molar-refractivity contribution in [3.05, 3.63) is 0 Å². The Morgan fingerprint density at radius 3 is 1.44 bits per heavy atom. The van der Waals surface area contributed by atoms with Crippen molar-refractivity contribution < 1.29 is 9.84 Å². The quantitative estimate of drug-likeness (QED) is 0.152. The number of nitrogens with zero attached hydrogens (tertiary/aromatic N) is 1. The van der Waals surface area contributed by atoms with Crippen molar-refractivity contribution in [2.75, 3.05) is 6.61 Å². The molecule has 0 saturated carbocycles. The lowest BCUT2D eigenvalue weighted by Crippen LogP contribution is -2.32. The van der Waals surface area contributed by atoms with Crippen LogP contribution in [0.4, 0.5) is 0 Å². The minimum Gasteiger partial charge on any atom is -0.389 e. The average Bonchev–Trinajstić information content (AvgIpc) is 2.62. The topological polar surface area (TPSA) is 93.9 Å². The lowest BCUT2D eigenvalue weighted by atomic mass is 10.0. The van der Waals surface area contributed by atoms with Gasteiger partial charge in [-0.3, -0.25) is 0 Å². The number of aliphatic hydroxyl groups is 1. The molecule has 0 spiro atoms. The van der Waals surface area contributed by atoms with E-state index in [0.29, 0.717) is 6.61 Å². The van der Waals surface area contributed by atoms with E-state index in [1.54, 1.807) is 6.92 Å². The fraction of sp³-hybridized carbons (Fsp3) is 0.955. The Kier molecular flexibility index (Phi) is 19.3. The molecule has 0 rings (SSSR count). The highest BCUT2D eigenvalue weighted by atomic mass is 16.5. The maximum atomic E-state index is 9.55. The number of rotatable bonds is 20. The van der Waals surface area contributed by atoms with Gasteiger partial charge in [0.05, 0.1) is 6.10 Å². The van der Waals surface area contributed by atoms with Crippen LogP contribution in [0.5, 0.6) is 0 Å². The lowest BCUT2D eigenvalue weighted by molar-refractivity contribution is -0.0251. The van der Waals surface area contributed by atoms with Gasteiger partial charge in [0.15, 0.2) is 12.2 Å². The van der Waals surface area contributed by atoms with Gasteiger partial charge in [-0.25, -0.2) is 4.99 Å². The minimum atomic E-state index is -0.701. The number of aliphatic imine (C=N–C) groups is 1. The van der Waals surface area contributed by atoms with Crippen LogP contribution in [0.15, 0.2) is 4.99 Å². The molecule has 0 aromatic carbocycles. The summed E-state index contributed by atoms with van der Waals surface area (Å²) in [7, 11) is 0. The number of nitrogens with two attached hydrogens (primary N) is 2. The van der Waals surface area contributed by atoms with Gasteiger partial charge in [0.2, 0.25) is 0 Å². The summed E-state index contributed by atoms with van der Waals surface area (Å²) in [5.41, 5.74) is 10.7. The van der Waals surface area contributed by atoms with Gasteiger partial charge in [-0.2, -0.15) is 0 Å². The molecule has 0 radical (unpaired) electrons. The second-order valence-electron chi connectivity index (χ2n) is 7.86. The van der Waals surface area contributed by atoms with Crippen LogP contribution in [0.2, 0.25) is 0 Å². The standard InChI is InChI=1S/C22H47N3O2/c1-3-4-5-6-7-8-9-10-11-12-13-14-15-16-17-18-19-27-21(20(2)26)25-22(23)24/h20-21,26H,3-19H2,1-2H3,(H4,23,24,25). The monoisotopic (exact) mass is 385 g/mol. The maximum Gasteiger partial charge on any atom is 0.188 e. The summed E-state index contributed by atoms with van der Waals surface area (Å²) in [6.07, 6.45) is 20.2. The molecule has 0 aliphatic carbocycles. The van der Waals surface area contributed by atoms with Gasteiger partial charge in [-0.15, -0.1) is 0 Å². The summed E-state index contributed by atoms with van der Waals surface area (Å²) in [5, 5.41) is 9.55. The number of hydrogen-bond donors (Lipinski definition) is 3. The largest absolute Gasteiger partial charge is 0.389 e. The van der Waals surface area contributed by atoms with E-state index in [-0.39, 0.29) is 5.96 Å². The van der Waals surface area contributed by atoms with Crippen LogP contribution in [-0.4, -0.2) is 30.0 Å². The van der Waals surface area contributed by atoms with E-state index >= 15 is 0 Å². The highest BCUT2D eigenvalue weighted by Crippen LogP contribution is 2.14. The van der Waals surface area contributed by atoms with Crippen molar-refractivity contribution in [1.82, 2.24) is 0 Å². The third kappa shape index (κ3) is 19.7. The van der Waals surface area contributed by atoms with Gasteiger partial charge in [0.25, 0.3) is 0 Å². The molecule has 0 heterocycles. The first-order valence-electron chi connectivity index (χ1n) is 11.5. The van der Waals surface area contributed by atoms with Crippen LogP contribution in [-0.2, 0) is 4.74 Å². The van der Waals surface area contributed by atoms with Crippen LogP contribution >= 0.6 is 0 Å². The normalized spacial score (nSPS) is 13.4. The fourth-order valence-corrected chi connectivity index (χ4v) is 3.29. The third-order valence-electron chi connectivity index (χ3n) is 4.98. The molecule has 0 aliphatic heterocycles. The summed E-state index contributed by atoms with van der Waals surface area (Å²) in [6, 6.07) is 0. The van der Waals surface area contributed by atoms with Gasteiger partial charge >= 0.3 is 0 Å². The summed E-state index contributed by atoms with van der Waals surface area (Å²) in [6.45, 7) is 4.49. The molecule has 0 amide bonds. The van der Waals surface area contributed by atoms with Crippen molar-refractivity contribution >= 4 is 5.96 Å². The molecule has 2 unspecified atom stereocenters. The smallest absolute Gasteiger partial charge is 0.188 e. The van der Waals surface area contributed by atoms with E-state index in [0.717, 1.165) is 12.8 Å². The molecule has 27 heavy (non-hydrogen) atoms. The Morgan fingerprint density at radius 1 is 0.741 bits per heavy atom. The first-order valence-corrected chi connectivity index (χ1v) is 11.5. The molecular weight excluding hydrogens is 338 g/mol. The SMILES string of the molecule is CCCCCCCCCCCCCCCCCCOC(N=C(N)N)C(C)O. The highest BCUT2D eigenvalue weighted by molar-refractivity contribution is 5.75. The highest BCUT2D eigenvalue weighted by Gasteiger charge is 2.13. The number of unbranched alkanes of at least 4 members (excludes halogenated alkanes) is 15. The van der Waals surface area contributed by atoms with Crippen molar-refractivity contribution in [3.63, 3.8) is 0 Å². The van der Waals surface area contributed by atoms with E-state index in [1.807, 2.05) is 0 Å². The van der Waals surface area contributed by atoms with Crippen molar-refractivity contribution in [1.29, 1.82) is 0 Å². The first kappa shape index (κ1) is 26.2. The second kappa shape index (κ2) is 19.9. The summed E-state index contributed by atoms with van der Waals surface area (Å²) in [4.78, 5) is 3.89. The van der Waals surface area contributed by atoms with Crippen molar-refractivity contribution in [2.24, 2.45) is 16.5 Å². The van der Waals surface area contributed by atoms with Crippen molar-refractivity contribution in [3.8, 4) is 0 Å². The molecule has 0 aromatic heterocycles. The van der Waals surface area contributed by atoms with Gasteiger partial charge in [-0.1, -0.05) is 103 Å². The minimum absolute atomic E-state index is 0.0483. The predicted molar refractivity (Wildman–Crippen MR) is 117 cm³/mol. The van der Waals surface area contributed by atoms with Crippen LogP contribution in [0.3, 0.4) is 0 Å². The molecule has 0 bridgehead atoms. The molecule has 0 fully saturated rings. The molecule has 0 aliphatic rings. The zero-order valence-corrected chi connectivity index (χ0v) is 18.1. The molecule has 5 heteroatoms. The average molecular weight is 386 g/mol. The molecule has 0 saturated heterocycles. The molecule has 162 valence electrons. The van der Waals surface area contributed by atoms with E-state index in [2.05, 4.69) is 11.9 Å². The number of guanidine groups is 1. The molecule has 0 aromatic rings. The van der Waals surface area contributed by atoms with E-state index in [1.165, 1.54) is 89.9 Å². The fourth-order valence-electron chi connectivity index (χ4n) is 3.29. The van der Waals surface area contributed by atoms with Crippen LogP contribution in [0.25, 0.3) is 0 Å². The lowest BCUT2D eigenvalue weighted by Gasteiger charge is -2.16. The van der Waals surface area contributed by atoms with Gasteiger partial charge in [-0.05, 0) is 13.3 Å². The Morgan fingerprint density at radius 2 is 1.11 bits per heavy atom. The molecular formula is C22H47N3O2. The zero-order chi connectivity index (χ0) is 20.2. The second-order valence-corrected chi connectivity index (χ2v) is 7.86. The van der Waals surface area contributed by atoms with Crippen molar-refractivity contribution in [2.45, 2.75) is 129 Å². The van der Waals surface area contributed by atoms with E-state index in [4.69, 9.17) is 16.2 Å². The predicted octanol–water partition coefficient (Wildman–Crippen LogP) is 5.24. The Bertz CT molecular complexity index is 332. The summed E-state index contributed by atoms with van der Waals surface area (Å²) in [5.74, 6) is -0.0483. The first-order chi connectivity index (χ1) is 13.1.